The number of hydrogen-bond donors (Lipinski definition) is 1. The lowest BCUT2D eigenvalue weighted by Crippen LogP contribution is -2.37. The molecule has 0 saturated carbocycles. The van der Waals surface area contributed by atoms with Crippen molar-refractivity contribution in [2.45, 2.75) is 40.3 Å². The molecule has 1 fully saturated rings. The number of nitrogens with zero attached hydrogens (tertiary/aromatic N) is 3. The van der Waals surface area contributed by atoms with Crippen molar-refractivity contribution in [2.24, 2.45) is 4.52 Å². The highest BCUT2D eigenvalue weighted by atomic mass is 32.2. The Hall–Kier alpha value is -3.03. The standard InChI is InChI=1S/C20H17F5N4O4S2/c1-19(20(23,24)25)9-13(12-6-7-14(21)15(22)16(12)33-2)17(34-19)18(30)27-10-4-3-5-11(8-10)35(31,32)29-28-26/h3-8,13,17H,9H2,1-2H3,(H,27,30)/t13-,17+,19+/m0/s1. The number of methoxy groups -OCH3 is 1. The van der Waals surface area contributed by atoms with Gasteiger partial charge >= 0.3 is 6.18 Å². The maximum atomic E-state index is 14.3. The summed E-state index contributed by atoms with van der Waals surface area (Å²) in [5.74, 6) is -5.44. The molecule has 1 amide bonds. The smallest absolute Gasteiger partial charge is 0.403 e. The first-order valence-electron chi connectivity index (χ1n) is 9.73. The zero-order chi connectivity index (χ0) is 26.2. The molecule has 3 rings (SSSR count). The molecule has 0 aromatic heterocycles. The maximum Gasteiger partial charge on any atom is 0.403 e. The van der Waals surface area contributed by atoms with Crippen LogP contribution in [0.4, 0.5) is 27.6 Å². The summed E-state index contributed by atoms with van der Waals surface area (Å²) in [5.41, 5.74) is 8.19. The number of alkyl halides is 3. The van der Waals surface area contributed by atoms with E-state index in [0.29, 0.717) is 11.8 Å². The van der Waals surface area contributed by atoms with Gasteiger partial charge in [-0.1, -0.05) is 12.1 Å². The Morgan fingerprint density at radius 3 is 2.57 bits per heavy atom. The van der Waals surface area contributed by atoms with Crippen LogP contribution in [0.15, 0.2) is 45.8 Å². The van der Waals surface area contributed by atoms with E-state index in [4.69, 9.17) is 10.3 Å². The van der Waals surface area contributed by atoms with Crippen molar-refractivity contribution < 1.29 is 39.9 Å². The van der Waals surface area contributed by atoms with Crippen LogP contribution >= 0.6 is 11.8 Å². The largest absolute Gasteiger partial charge is 0.493 e. The van der Waals surface area contributed by atoms with Gasteiger partial charge in [-0.3, -0.25) is 4.79 Å². The van der Waals surface area contributed by atoms with Crippen LogP contribution in [-0.4, -0.2) is 37.6 Å². The Kier molecular flexibility index (Phi) is 7.25. The highest BCUT2D eigenvalue weighted by molar-refractivity contribution is 8.02. The quantitative estimate of drug-likeness (QED) is 0.226. The summed E-state index contributed by atoms with van der Waals surface area (Å²) in [6, 6.07) is 6.38. The summed E-state index contributed by atoms with van der Waals surface area (Å²) in [4.78, 5) is 14.9. The highest BCUT2D eigenvalue weighted by Gasteiger charge is 2.60. The van der Waals surface area contributed by atoms with Crippen molar-refractivity contribution in [2.75, 3.05) is 12.4 Å². The SMILES string of the molecule is COc1c([C@@H]2C[C@](C)(C(F)(F)F)S[C@H]2C(=O)Nc2cccc(S(=O)(=O)N=[N+]=[N-])c2)ccc(F)c1F. The van der Waals surface area contributed by atoms with Crippen LogP contribution in [-0.2, 0) is 14.8 Å². The van der Waals surface area contributed by atoms with Crippen LogP contribution in [0.5, 0.6) is 5.75 Å². The molecule has 0 spiro atoms. The van der Waals surface area contributed by atoms with E-state index in [1.165, 1.54) is 12.1 Å². The fourth-order valence-electron chi connectivity index (χ4n) is 3.72. The average Bonchev–Trinajstić information content (AvgIpc) is 3.15. The normalized spacial score (nSPS) is 22.4. The Morgan fingerprint density at radius 1 is 1.29 bits per heavy atom. The Labute approximate surface area is 200 Å². The third-order valence-corrected chi connectivity index (χ3v) is 8.30. The summed E-state index contributed by atoms with van der Waals surface area (Å²) in [6.45, 7) is 0.900. The minimum Gasteiger partial charge on any atom is -0.493 e. The third kappa shape index (κ3) is 5.16. The first kappa shape index (κ1) is 26.6. The van der Waals surface area contributed by atoms with Gasteiger partial charge in [-0.15, -0.1) is 11.8 Å². The van der Waals surface area contributed by atoms with E-state index in [-0.39, 0.29) is 11.3 Å². The summed E-state index contributed by atoms with van der Waals surface area (Å²) >= 11 is 0.304. The summed E-state index contributed by atoms with van der Waals surface area (Å²) in [5, 5.41) is 0.923. The van der Waals surface area contributed by atoms with Gasteiger partial charge in [0.2, 0.25) is 11.7 Å². The van der Waals surface area contributed by atoms with Crippen LogP contribution in [0.1, 0.15) is 24.8 Å². The van der Waals surface area contributed by atoms with Gasteiger partial charge in [0, 0.05) is 26.6 Å². The van der Waals surface area contributed by atoms with E-state index in [9.17, 15) is 35.2 Å². The molecular weight excluding hydrogens is 519 g/mol. The van der Waals surface area contributed by atoms with Gasteiger partial charge in [0.25, 0.3) is 10.0 Å². The number of ether oxygens (including phenoxy) is 1. The fourth-order valence-corrected chi connectivity index (χ4v) is 5.98. The highest BCUT2D eigenvalue weighted by Crippen LogP contribution is 2.59. The molecule has 1 N–H and O–H groups in total. The molecule has 188 valence electrons. The molecule has 1 heterocycles. The first-order chi connectivity index (χ1) is 16.2. The molecule has 2 aromatic carbocycles. The van der Waals surface area contributed by atoms with Crippen LogP contribution in [0, 0.1) is 11.6 Å². The number of halogens is 5. The number of anilines is 1. The number of hydrogen-bond acceptors (Lipinski definition) is 5. The van der Waals surface area contributed by atoms with Gasteiger partial charge in [-0.2, -0.15) is 17.6 Å². The number of nitrogens with one attached hydrogen (secondary N) is 1. The minimum absolute atomic E-state index is 0.0959. The molecule has 0 unspecified atom stereocenters. The minimum atomic E-state index is -4.74. The second-order valence-corrected chi connectivity index (χ2v) is 11.0. The molecule has 0 aliphatic carbocycles. The summed E-state index contributed by atoms with van der Waals surface area (Å²) in [6.07, 6.45) is -5.37. The van der Waals surface area contributed by atoms with E-state index >= 15 is 0 Å². The van der Waals surface area contributed by atoms with Gasteiger partial charge in [0.1, 0.15) is 4.75 Å². The fraction of sp³-hybridized carbons (Fsp3) is 0.350. The zero-order valence-electron chi connectivity index (χ0n) is 18.0. The molecule has 1 aliphatic rings. The second kappa shape index (κ2) is 9.55. The van der Waals surface area contributed by atoms with E-state index in [2.05, 4.69) is 14.7 Å². The van der Waals surface area contributed by atoms with Crippen LogP contribution in [0.2, 0.25) is 0 Å². The molecule has 3 atom stereocenters. The molecule has 1 saturated heterocycles. The molecule has 2 aromatic rings. The summed E-state index contributed by atoms with van der Waals surface area (Å²) in [7, 11) is -3.36. The number of carbonyl (C=O) groups is 1. The number of sulfonamides is 1. The number of rotatable bonds is 6. The second-order valence-electron chi connectivity index (χ2n) is 7.72. The van der Waals surface area contributed by atoms with Gasteiger partial charge < -0.3 is 10.1 Å². The van der Waals surface area contributed by atoms with Crippen molar-refractivity contribution in [3.63, 3.8) is 0 Å². The van der Waals surface area contributed by atoms with Crippen molar-refractivity contribution in [1.82, 2.24) is 0 Å². The lowest BCUT2D eigenvalue weighted by atomic mass is 9.85. The van der Waals surface area contributed by atoms with E-state index in [1.54, 1.807) is 0 Å². The predicted octanol–water partition coefficient (Wildman–Crippen LogP) is 5.52. The topological polar surface area (TPSA) is 121 Å². The van der Waals surface area contributed by atoms with Crippen molar-refractivity contribution in [3.05, 3.63) is 64.0 Å². The maximum absolute atomic E-state index is 14.3. The number of amides is 1. The zero-order valence-corrected chi connectivity index (χ0v) is 19.6. The van der Waals surface area contributed by atoms with Crippen molar-refractivity contribution in [3.8, 4) is 5.75 Å². The van der Waals surface area contributed by atoms with Crippen molar-refractivity contribution in [1.29, 1.82) is 0 Å². The molecule has 0 radical (unpaired) electrons. The average molecular weight is 537 g/mol. The van der Waals surface area contributed by atoms with Crippen LogP contribution < -0.4 is 10.1 Å². The molecule has 8 nitrogen and oxygen atoms in total. The molecule has 1 aliphatic heterocycles. The van der Waals surface area contributed by atoms with Gasteiger partial charge in [-0.05, 0) is 43.1 Å². The number of carbonyl (C=O) groups excluding carboxylic acids is 1. The predicted molar refractivity (Wildman–Crippen MR) is 118 cm³/mol. The van der Waals surface area contributed by atoms with Crippen molar-refractivity contribution >= 4 is 33.4 Å². The lowest BCUT2D eigenvalue weighted by Gasteiger charge is -2.26. The number of thioether (sulfide) groups is 1. The van der Waals surface area contributed by atoms with Gasteiger partial charge in [-0.25, -0.2) is 12.8 Å². The monoisotopic (exact) mass is 536 g/mol. The van der Waals surface area contributed by atoms with Crippen LogP contribution in [0.3, 0.4) is 0 Å². The van der Waals surface area contributed by atoms with E-state index < -0.39 is 66.7 Å². The summed E-state index contributed by atoms with van der Waals surface area (Å²) < 4.78 is 98.7. The van der Waals surface area contributed by atoms with Gasteiger partial charge in [0.05, 0.1) is 17.3 Å². The molecule has 15 heteroatoms. The molecular formula is C20H17F5N4O4S2. The first-order valence-corrected chi connectivity index (χ1v) is 12.0. The van der Waals surface area contributed by atoms with Gasteiger partial charge in [0.15, 0.2) is 11.6 Å². The third-order valence-electron chi connectivity index (χ3n) is 5.45. The Bertz CT molecular complexity index is 1320. The lowest BCUT2D eigenvalue weighted by molar-refractivity contribution is -0.155. The number of azide groups is 1. The van der Waals surface area contributed by atoms with E-state index in [0.717, 1.165) is 38.3 Å². The molecule has 0 bridgehead atoms. The molecule has 35 heavy (non-hydrogen) atoms. The Balaban J connectivity index is 2.02. The Morgan fingerprint density at radius 2 is 1.97 bits per heavy atom. The van der Waals surface area contributed by atoms with Crippen LogP contribution in [0.25, 0.3) is 10.4 Å². The number of benzene rings is 2. The van der Waals surface area contributed by atoms with E-state index in [1.807, 2.05) is 0 Å².